The lowest BCUT2D eigenvalue weighted by Gasteiger charge is -2.27. The summed E-state index contributed by atoms with van der Waals surface area (Å²) < 4.78 is 50.6. The van der Waals surface area contributed by atoms with Crippen molar-refractivity contribution in [1.82, 2.24) is 9.29 Å². The molecule has 0 spiro atoms. The van der Waals surface area contributed by atoms with E-state index in [1.165, 1.54) is 22.8 Å². The second-order valence-corrected chi connectivity index (χ2v) is 10.8. The monoisotopic (exact) mass is 520 g/mol. The first-order valence-corrected chi connectivity index (χ1v) is 13.6. The molecule has 9 nitrogen and oxygen atoms in total. The first-order chi connectivity index (χ1) is 16.9. The lowest BCUT2D eigenvalue weighted by Crippen LogP contribution is -2.45. The van der Waals surface area contributed by atoms with Crippen LogP contribution < -0.4 is 14.2 Å². The van der Waals surface area contributed by atoms with E-state index in [-0.39, 0.29) is 24.7 Å². The summed E-state index contributed by atoms with van der Waals surface area (Å²) in [6, 6.07) is 9.10. The third-order valence-electron chi connectivity index (χ3n) is 5.84. The van der Waals surface area contributed by atoms with Gasteiger partial charge in [-0.15, -0.1) is 11.3 Å². The van der Waals surface area contributed by atoms with E-state index in [0.717, 1.165) is 23.1 Å². The molecule has 1 unspecified atom stereocenters. The first-order valence-electron chi connectivity index (χ1n) is 11.3. The minimum absolute atomic E-state index is 0.00953. The number of aromatic nitrogens is 1. The highest BCUT2D eigenvalue weighted by atomic mass is 32.2. The number of benzene rings is 2. The van der Waals surface area contributed by atoms with Crippen molar-refractivity contribution < 1.29 is 32.2 Å². The van der Waals surface area contributed by atoms with Crippen LogP contribution in [0.4, 0.5) is 0 Å². The molecule has 188 valence electrons. The largest absolute Gasteiger partial charge is 0.493 e. The van der Waals surface area contributed by atoms with Crippen molar-refractivity contribution in [3.8, 4) is 17.2 Å². The summed E-state index contributed by atoms with van der Waals surface area (Å²) in [4.78, 5) is 17.3. The summed E-state index contributed by atoms with van der Waals surface area (Å²) in [6.45, 7) is 0.373. The number of thiazole rings is 1. The van der Waals surface area contributed by atoms with Crippen LogP contribution in [0.15, 0.2) is 46.8 Å². The molecule has 2 aromatic carbocycles. The van der Waals surface area contributed by atoms with Gasteiger partial charge in [-0.1, -0.05) is 12.8 Å². The van der Waals surface area contributed by atoms with Gasteiger partial charge >= 0.3 is 5.97 Å². The highest BCUT2D eigenvalue weighted by Gasteiger charge is 2.37. The van der Waals surface area contributed by atoms with Crippen molar-refractivity contribution in [3.63, 3.8) is 0 Å². The van der Waals surface area contributed by atoms with Crippen molar-refractivity contribution >= 4 is 37.5 Å². The molecule has 1 aliphatic rings. The number of nitrogens with zero attached hydrogens (tertiary/aromatic N) is 2. The Kier molecular flexibility index (Phi) is 8.09. The zero-order chi connectivity index (χ0) is 24.8. The maximum atomic E-state index is 13.5. The molecule has 3 aromatic rings. The predicted molar refractivity (Wildman–Crippen MR) is 132 cm³/mol. The lowest BCUT2D eigenvalue weighted by molar-refractivity contribution is -0.149. The molecule has 1 atom stereocenters. The highest BCUT2D eigenvalue weighted by molar-refractivity contribution is 7.89. The van der Waals surface area contributed by atoms with Crippen LogP contribution in [0.5, 0.6) is 17.2 Å². The zero-order valence-electron chi connectivity index (χ0n) is 19.6. The SMILES string of the molecule is COc1ccc(OCCOC(=O)C2CCCCCN2S(=O)(=O)c2ccc3ncsc3c2)cc1OC. The molecule has 0 aliphatic carbocycles. The number of hydrogen-bond acceptors (Lipinski definition) is 9. The second kappa shape index (κ2) is 11.2. The van der Waals surface area contributed by atoms with Crippen LogP contribution in [-0.2, 0) is 19.6 Å². The van der Waals surface area contributed by atoms with Gasteiger partial charge in [0.05, 0.1) is 34.8 Å². The first kappa shape index (κ1) is 25.2. The third-order valence-corrected chi connectivity index (χ3v) is 8.53. The molecule has 0 N–H and O–H groups in total. The molecule has 4 rings (SSSR count). The molecule has 1 aliphatic heterocycles. The Hall–Kier alpha value is -2.89. The van der Waals surface area contributed by atoms with E-state index in [2.05, 4.69) is 4.98 Å². The van der Waals surface area contributed by atoms with Gasteiger partial charge in [0.2, 0.25) is 10.0 Å². The summed E-state index contributed by atoms with van der Waals surface area (Å²) in [5.74, 6) is 1.08. The maximum Gasteiger partial charge on any atom is 0.324 e. The van der Waals surface area contributed by atoms with Gasteiger partial charge < -0.3 is 18.9 Å². The van der Waals surface area contributed by atoms with Crippen LogP contribution in [0, 0.1) is 0 Å². The number of carbonyl (C=O) groups is 1. The highest BCUT2D eigenvalue weighted by Crippen LogP contribution is 2.31. The molecule has 11 heteroatoms. The normalized spacial score (nSPS) is 17.0. The van der Waals surface area contributed by atoms with E-state index >= 15 is 0 Å². The van der Waals surface area contributed by atoms with Gasteiger partial charge in [0, 0.05) is 12.6 Å². The van der Waals surface area contributed by atoms with E-state index in [1.807, 2.05) is 0 Å². The Morgan fingerprint density at radius 1 is 1.06 bits per heavy atom. The lowest BCUT2D eigenvalue weighted by atomic mass is 10.1. The molecule has 1 aromatic heterocycles. The van der Waals surface area contributed by atoms with E-state index < -0.39 is 22.0 Å². The number of rotatable bonds is 9. The van der Waals surface area contributed by atoms with E-state index in [9.17, 15) is 13.2 Å². The van der Waals surface area contributed by atoms with Gasteiger partial charge in [0.15, 0.2) is 11.5 Å². The Labute approximate surface area is 208 Å². The van der Waals surface area contributed by atoms with Crippen LogP contribution in [0.2, 0.25) is 0 Å². The molecule has 0 amide bonds. The van der Waals surface area contributed by atoms with Crippen molar-refractivity contribution in [1.29, 1.82) is 0 Å². The van der Waals surface area contributed by atoms with Gasteiger partial charge in [-0.05, 0) is 43.2 Å². The summed E-state index contributed by atoms with van der Waals surface area (Å²) in [7, 11) is -0.801. The standard InChI is InChI=1S/C24H28N2O7S2/c1-30-21-10-7-17(14-22(21)31-2)32-12-13-33-24(27)20-6-4-3-5-11-26(20)35(28,29)18-8-9-19-23(15-18)34-16-25-19/h7-10,14-16,20H,3-6,11-13H2,1-2H3. The minimum atomic E-state index is -3.88. The number of carbonyl (C=O) groups excluding carboxylic acids is 1. The molecule has 0 bridgehead atoms. The Balaban J connectivity index is 1.41. The quantitative estimate of drug-likeness (QED) is 0.309. The fourth-order valence-corrected chi connectivity index (χ4v) is 6.51. The van der Waals surface area contributed by atoms with Crippen molar-refractivity contribution in [2.45, 2.75) is 36.6 Å². The zero-order valence-corrected chi connectivity index (χ0v) is 21.3. The minimum Gasteiger partial charge on any atom is -0.493 e. The molecule has 2 heterocycles. The van der Waals surface area contributed by atoms with Crippen LogP contribution >= 0.6 is 11.3 Å². The summed E-state index contributed by atoms with van der Waals surface area (Å²) in [6.07, 6.45) is 2.71. The predicted octanol–water partition coefficient (Wildman–Crippen LogP) is 3.87. The van der Waals surface area contributed by atoms with Gasteiger partial charge in [-0.2, -0.15) is 4.31 Å². The average molecular weight is 521 g/mol. The van der Waals surface area contributed by atoms with Crippen LogP contribution in [0.25, 0.3) is 10.2 Å². The van der Waals surface area contributed by atoms with Gasteiger partial charge in [0.1, 0.15) is 25.0 Å². The molecule has 1 fully saturated rings. The Morgan fingerprint density at radius 2 is 1.89 bits per heavy atom. The van der Waals surface area contributed by atoms with E-state index in [4.69, 9.17) is 18.9 Å². The van der Waals surface area contributed by atoms with Crippen molar-refractivity contribution in [3.05, 3.63) is 41.9 Å². The maximum absolute atomic E-state index is 13.5. The second-order valence-electron chi connectivity index (χ2n) is 8.00. The summed E-state index contributed by atoms with van der Waals surface area (Å²) >= 11 is 1.38. The third kappa shape index (κ3) is 5.68. The number of ether oxygens (including phenoxy) is 4. The number of fused-ring (bicyclic) bond motifs is 1. The molecule has 0 radical (unpaired) electrons. The van der Waals surface area contributed by atoms with Crippen LogP contribution in [0.1, 0.15) is 25.7 Å². The molecule has 35 heavy (non-hydrogen) atoms. The van der Waals surface area contributed by atoms with Gasteiger partial charge in [-0.25, -0.2) is 13.4 Å². The van der Waals surface area contributed by atoms with Gasteiger partial charge in [0.25, 0.3) is 0 Å². The van der Waals surface area contributed by atoms with Crippen molar-refractivity contribution in [2.24, 2.45) is 0 Å². The van der Waals surface area contributed by atoms with Crippen molar-refractivity contribution in [2.75, 3.05) is 34.0 Å². The van der Waals surface area contributed by atoms with E-state index in [0.29, 0.717) is 30.1 Å². The summed E-state index contributed by atoms with van der Waals surface area (Å²) in [5, 5.41) is 0. The summed E-state index contributed by atoms with van der Waals surface area (Å²) in [5.41, 5.74) is 2.42. The van der Waals surface area contributed by atoms with Crippen LogP contribution in [-0.4, -0.2) is 63.7 Å². The molecule has 1 saturated heterocycles. The number of sulfonamides is 1. The fraction of sp³-hybridized carbons (Fsp3) is 0.417. The van der Waals surface area contributed by atoms with Gasteiger partial charge in [-0.3, -0.25) is 4.79 Å². The smallest absolute Gasteiger partial charge is 0.324 e. The Bertz CT molecular complexity index is 1280. The number of hydrogen-bond donors (Lipinski definition) is 0. The number of methoxy groups -OCH3 is 2. The molecular weight excluding hydrogens is 492 g/mol. The van der Waals surface area contributed by atoms with E-state index in [1.54, 1.807) is 49.0 Å². The average Bonchev–Trinajstić information content (AvgIpc) is 3.20. The number of esters is 1. The Morgan fingerprint density at radius 3 is 2.69 bits per heavy atom. The topological polar surface area (TPSA) is 104 Å². The fourth-order valence-electron chi connectivity index (χ4n) is 4.04. The van der Waals surface area contributed by atoms with Crippen LogP contribution in [0.3, 0.4) is 0 Å². The molecular formula is C24H28N2O7S2. The molecule has 0 saturated carbocycles.